The lowest BCUT2D eigenvalue weighted by molar-refractivity contribution is -0.134. The molecule has 2 fully saturated rings. The van der Waals surface area contributed by atoms with E-state index in [2.05, 4.69) is 17.2 Å². The van der Waals surface area contributed by atoms with Gasteiger partial charge in [-0.15, -0.1) is 0 Å². The van der Waals surface area contributed by atoms with Gasteiger partial charge in [0.2, 0.25) is 5.91 Å². The van der Waals surface area contributed by atoms with Gasteiger partial charge in [-0.3, -0.25) is 4.79 Å². The average Bonchev–Trinajstić information content (AvgIpc) is 2.61. The van der Waals surface area contributed by atoms with Crippen LogP contribution < -0.4 is 10.6 Å². The topological polar surface area (TPSA) is 70.7 Å². The number of carbonyl (C=O) groups excluding carboxylic acids is 2. The average molecular weight is 350 g/mol. The molecule has 2 saturated heterocycles. The van der Waals surface area contributed by atoms with Gasteiger partial charge >= 0.3 is 6.03 Å². The molecule has 128 valence electrons. The summed E-state index contributed by atoms with van der Waals surface area (Å²) in [7, 11) is 0. The number of urea groups is 1. The van der Waals surface area contributed by atoms with E-state index in [1.807, 2.05) is 18.2 Å². The van der Waals surface area contributed by atoms with E-state index in [1.54, 1.807) is 4.90 Å². The van der Waals surface area contributed by atoms with E-state index in [-0.39, 0.29) is 23.9 Å². The Morgan fingerprint density at radius 1 is 1.29 bits per heavy atom. The maximum Gasteiger partial charge on any atom is 0.314 e. The van der Waals surface area contributed by atoms with Crippen molar-refractivity contribution < 1.29 is 14.3 Å². The molecular formula is C17H20ClN3O3. The summed E-state index contributed by atoms with van der Waals surface area (Å²) in [5.74, 6) is 0.0182. The largest absolute Gasteiger partial charge is 0.377 e. The van der Waals surface area contributed by atoms with Gasteiger partial charge < -0.3 is 20.3 Å². The number of halogens is 1. The number of rotatable bonds is 3. The van der Waals surface area contributed by atoms with Crippen LogP contribution in [0.2, 0.25) is 5.02 Å². The van der Waals surface area contributed by atoms with Crippen molar-refractivity contribution in [1.82, 2.24) is 15.5 Å². The first-order chi connectivity index (χ1) is 11.6. The predicted molar refractivity (Wildman–Crippen MR) is 91.1 cm³/mol. The molecule has 1 aromatic rings. The van der Waals surface area contributed by atoms with Gasteiger partial charge in [0.05, 0.1) is 19.3 Å². The highest BCUT2D eigenvalue weighted by Crippen LogP contribution is 2.30. The fourth-order valence-corrected chi connectivity index (χ4v) is 3.38. The monoisotopic (exact) mass is 349 g/mol. The van der Waals surface area contributed by atoms with Crippen molar-refractivity contribution in [2.45, 2.75) is 12.0 Å². The lowest BCUT2D eigenvalue weighted by atomic mass is 9.93. The number of nitrogens with zero attached hydrogens (tertiary/aromatic N) is 1. The zero-order valence-electron chi connectivity index (χ0n) is 13.3. The quantitative estimate of drug-likeness (QED) is 0.818. The van der Waals surface area contributed by atoms with Gasteiger partial charge in [0.25, 0.3) is 0 Å². The smallest absolute Gasteiger partial charge is 0.314 e. The molecule has 0 bridgehead atoms. The molecule has 6 nitrogen and oxygen atoms in total. The Morgan fingerprint density at radius 2 is 2.00 bits per heavy atom. The molecular weight excluding hydrogens is 330 g/mol. The number of ether oxygens (including phenoxy) is 1. The molecule has 1 aromatic carbocycles. The van der Waals surface area contributed by atoms with Crippen molar-refractivity contribution in [3.63, 3.8) is 0 Å². The van der Waals surface area contributed by atoms with Crippen LogP contribution in [0.5, 0.6) is 0 Å². The van der Waals surface area contributed by atoms with E-state index in [0.717, 1.165) is 11.1 Å². The number of nitrogens with one attached hydrogen (secondary N) is 2. The number of hydrogen-bond acceptors (Lipinski definition) is 3. The van der Waals surface area contributed by atoms with Crippen molar-refractivity contribution >= 4 is 23.5 Å². The molecule has 0 unspecified atom stereocenters. The second kappa shape index (κ2) is 7.23. The molecule has 2 aliphatic heterocycles. The van der Waals surface area contributed by atoms with Crippen LogP contribution in [0, 0.1) is 0 Å². The Kier molecular flexibility index (Phi) is 5.06. The van der Waals surface area contributed by atoms with Gasteiger partial charge in [0.1, 0.15) is 0 Å². The zero-order valence-corrected chi connectivity index (χ0v) is 14.0. The molecule has 2 N–H and O–H groups in total. The third kappa shape index (κ3) is 3.55. The van der Waals surface area contributed by atoms with Crippen LogP contribution in [-0.4, -0.2) is 49.7 Å². The van der Waals surface area contributed by atoms with Gasteiger partial charge in [-0.2, -0.15) is 0 Å². The lowest BCUT2D eigenvalue weighted by Crippen LogP contribution is -2.47. The maximum atomic E-state index is 12.1. The fraction of sp³-hybridized carbons (Fsp3) is 0.412. The van der Waals surface area contributed by atoms with E-state index in [0.29, 0.717) is 37.9 Å². The maximum absolute atomic E-state index is 12.1. The van der Waals surface area contributed by atoms with Crippen LogP contribution in [0.4, 0.5) is 4.79 Å². The standard InChI is InChI=1S/C17H20ClN3O3/c1-2-16(22)21-3-4-24-10-15(21)12-5-11(6-14(18)7-12)13-8-19-17(23)20-9-13/h2,5-7,13,15H,1,3-4,8-10H2,(H2,19,20,23)/t15-/m0/s1. The molecule has 1 atom stereocenters. The Hall–Kier alpha value is -2.05. The minimum atomic E-state index is -0.187. The van der Waals surface area contributed by atoms with Crippen LogP contribution in [0.15, 0.2) is 30.9 Å². The molecule has 0 saturated carbocycles. The van der Waals surface area contributed by atoms with Gasteiger partial charge in [-0.05, 0) is 29.3 Å². The number of morpholine rings is 1. The van der Waals surface area contributed by atoms with Crippen molar-refractivity contribution in [3.05, 3.63) is 47.0 Å². The van der Waals surface area contributed by atoms with Crippen LogP contribution in [0.3, 0.4) is 0 Å². The number of amides is 3. The summed E-state index contributed by atoms with van der Waals surface area (Å²) >= 11 is 6.31. The normalized spacial score (nSPS) is 21.8. The van der Waals surface area contributed by atoms with Crippen LogP contribution in [-0.2, 0) is 9.53 Å². The Bertz CT molecular complexity index is 654. The van der Waals surface area contributed by atoms with Gasteiger partial charge in [-0.1, -0.05) is 24.2 Å². The summed E-state index contributed by atoms with van der Waals surface area (Å²) in [5.41, 5.74) is 1.96. The highest BCUT2D eigenvalue weighted by Gasteiger charge is 2.28. The molecule has 3 amide bonds. The molecule has 0 aliphatic carbocycles. The van der Waals surface area contributed by atoms with E-state index in [1.165, 1.54) is 6.08 Å². The minimum Gasteiger partial charge on any atom is -0.377 e. The third-order valence-electron chi connectivity index (χ3n) is 4.40. The fourth-order valence-electron chi connectivity index (χ4n) is 3.13. The molecule has 2 heterocycles. The first kappa shape index (κ1) is 16.8. The Balaban J connectivity index is 1.88. The second-order valence-electron chi connectivity index (χ2n) is 5.93. The van der Waals surface area contributed by atoms with Crippen molar-refractivity contribution in [2.75, 3.05) is 32.8 Å². The number of benzene rings is 1. The predicted octanol–water partition coefficient (Wildman–Crippen LogP) is 1.82. The van der Waals surface area contributed by atoms with Crippen molar-refractivity contribution in [3.8, 4) is 0 Å². The summed E-state index contributed by atoms with van der Waals surface area (Å²) in [5, 5.41) is 6.19. The summed E-state index contributed by atoms with van der Waals surface area (Å²) < 4.78 is 5.56. The van der Waals surface area contributed by atoms with Crippen LogP contribution >= 0.6 is 11.6 Å². The van der Waals surface area contributed by atoms with E-state index >= 15 is 0 Å². The van der Waals surface area contributed by atoms with Crippen LogP contribution in [0.25, 0.3) is 0 Å². The highest BCUT2D eigenvalue weighted by molar-refractivity contribution is 6.30. The Morgan fingerprint density at radius 3 is 2.71 bits per heavy atom. The van der Waals surface area contributed by atoms with E-state index in [4.69, 9.17) is 16.3 Å². The summed E-state index contributed by atoms with van der Waals surface area (Å²) in [4.78, 5) is 25.1. The van der Waals surface area contributed by atoms with Crippen molar-refractivity contribution in [1.29, 1.82) is 0 Å². The molecule has 3 rings (SSSR count). The summed E-state index contributed by atoms with van der Waals surface area (Å²) in [6.07, 6.45) is 1.32. The van der Waals surface area contributed by atoms with Crippen LogP contribution in [0.1, 0.15) is 23.1 Å². The third-order valence-corrected chi connectivity index (χ3v) is 4.62. The van der Waals surface area contributed by atoms with Crippen molar-refractivity contribution in [2.24, 2.45) is 0 Å². The molecule has 0 spiro atoms. The molecule has 0 radical (unpaired) electrons. The SMILES string of the molecule is C=CC(=O)N1CCOC[C@H]1c1cc(Cl)cc(C2CNC(=O)NC2)c1. The first-order valence-electron chi connectivity index (χ1n) is 7.91. The van der Waals surface area contributed by atoms with E-state index in [9.17, 15) is 9.59 Å². The Labute approximate surface area is 145 Å². The molecule has 0 aromatic heterocycles. The van der Waals surface area contributed by atoms with Gasteiger partial charge in [-0.25, -0.2) is 4.79 Å². The number of carbonyl (C=O) groups is 2. The van der Waals surface area contributed by atoms with E-state index < -0.39 is 0 Å². The lowest BCUT2D eigenvalue weighted by Gasteiger charge is -2.36. The van der Waals surface area contributed by atoms with Gasteiger partial charge in [0.15, 0.2) is 0 Å². The second-order valence-corrected chi connectivity index (χ2v) is 6.37. The molecule has 7 heteroatoms. The van der Waals surface area contributed by atoms with Gasteiger partial charge in [0, 0.05) is 30.6 Å². The first-order valence-corrected chi connectivity index (χ1v) is 8.29. The molecule has 2 aliphatic rings. The molecule has 24 heavy (non-hydrogen) atoms. The zero-order chi connectivity index (χ0) is 17.1. The summed E-state index contributed by atoms with van der Waals surface area (Å²) in [6, 6.07) is 5.46. The minimum absolute atomic E-state index is 0.114. The number of hydrogen-bond donors (Lipinski definition) is 2. The highest BCUT2D eigenvalue weighted by atomic mass is 35.5. The summed E-state index contributed by atoms with van der Waals surface area (Å²) in [6.45, 7) is 6.16.